The van der Waals surface area contributed by atoms with Crippen LogP contribution in [0.1, 0.15) is 38.3 Å². The van der Waals surface area contributed by atoms with E-state index in [9.17, 15) is 4.79 Å². The molecule has 2 N–H and O–H groups in total. The van der Waals surface area contributed by atoms with E-state index in [0.29, 0.717) is 6.54 Å². The number of nitrogens with two attached hydrogens (primary N) is 1. The molecule has 1 aromatic carbocycles. The van der Waals surface area contributed by atoms with Crippen molar-refractivity contribution in [3.8, 4) is 0 Å². The maximum Gasteiger partial charge on any atom is 0.227 e. The van der Waals surface area contributed by atoms with E-state index in [4.69, 9.17) is 17.3 Å². The number of benzene rings is 1. The van der Waals surface area contributed by atoms with Crippen LogP contribution in [-0.2, 0) is 4.79 Å². The van der Waals surface area contributed by atoms with Gasteiger partial charge in [-0.15, -0.1) is 0 Å². The van der Waals surface area contributed by atoms with Gasteiger partial charge in [0, 0.05) is 18.1 Å². The van der Waals surface area contributed by atoms with Gasteiger partial charge in [-0.1, -0.05) is 37.6 Å². The summed E-state index contributed by atoms with van der Waals surface area (Å²) < 4.78 is 0. The van der Waals surface area contributed by atoms with Crippen molar-refractivity contribution in [1.82, 2.24) is 4.90 Å². The second-order valence-electron chi connectivity index (χ2n) is 5.83. The molecule has 0 saturated carbocycles. The Morgan fingerprint density at radius 1 is 1.50 bits per heavy atom. The van der Waals surface area contributed by atoms with Gasteiger partial charge in [-0.25, -0.2) is 0 Å². The van der Waals surface area contributed by atoms with Gasteiger partial charge < -0.3 is 10.6 Å². The lowest BCUT2D eigenvalue weighted by atomic mass is 9.93. The number of likely N-dealkylation sites (tertiary alicyclic amines) is 1. The fourth-order valence-electron chi connectivity index (χ4n) is 2.96. The second kappa shape index (κ2) is 6.59. The van der Waals surface area contributed by atoms with Gasteiger partial charge in [-0.2, -0.15) is 0 Å². The average Bonchev–Trinajstić information content (AvgIpc) is 2.88. The third-order valence-corrected chi connectivity index (χ3v) is 4.38. The number of carbonyl (C=O) groups excluding carboxylic acids is 1. The van der Waals surface area contributed by atoms with E-state index in [0.717, 1.165) is 30.0 Å². The standard InChI is InChI=1S/C16H23ClN2O/c1-11(2)14(10-18)16(20)19-8-4-7-15(19)12-5-3-6-13(17)9-12/h3,5-6,9,11,14-15H,4,7-8,10,18H2,1-2H3. The quantitative estimate of drug-likeness (QED) is 0.926. The molecule has 2 unspecified atom stereocenters. The van der Waals surface area contributed by atoms with Crippen LogP contribution >= 0.6 is 11.6 Å². The van der Waals surface area contributed by atoms with Crippen molar-refractivity contribution in [2.75, 3.05) is 13.1 Å². The first-order chi connectivity index (χ1) is 9.54. The third-order valence-electron chi connectivity index (χ3n) is 4.15. The molecule has 20 heavy (non-hydrogen) atoms. The first kappa shape index (κ1) is 15.3. The summed E-state index contributed by atoms with van der Waals surface area (Å²) in [5.41, 5.74) is 6.91. The van der Waals surface area contributed by atoms with Gasteiger partial charge in [0.25, 0.3) is 0 Å². The molecule has 2 rings (SSSR count). The fourth-order valence-corrected chi connectivity index (χ4v) is 3.16. The summed E-state index contributed by atoms with van der Waals surface area (Å²) in [7, 11) is 0. The number of hydrogen-bond acceptors (Lipinski definition) is 2. The van der Waals surface area contributed by atoms with Crippen molar-refractivity contribution in [2.24, 2.45) is 17.6 Å². The Bertz CT molecular complexity index is 475. The highest BCUT2D eigenvalue weighted by atomic mass is 35.5. The molecule has 1 fully saturated rings. The van der Waals surface area contributed by atoms with Gasteiger partial charge in [-0.05, 0) is 36.5 Å². The second-order valence-corrected chi connectivity index (χ2v) is 6.27. The fraction of sp³-hybridized carbons (Fsp3) is 0.562. The Morgan fingerprint density at radius 2 is 2.25 bits per heavy atom. The zero-order chi connectivity index (χ0) is 14.7. The predicted molar refractivity (Wildman–Crippen MR) is 82.5 cm³/mol. The van der Waals surface area contributed by atoms with Gasteiger partial charge in [0.2, 0.25) is 5.91 Å². The SMILES string of the molecule is CC(C)C(CN)C(=O)N1CCCC1c1cccc(Cl)c1. The van der Waals surface area contributed by atoms with Gasteiger partial charge in [-0.3, -0.25) is 4.79 Å². The molecule has 0 spiro atoms. The summed E-state index contributed by atoms with van der Waals surface area (Å²) in [5.74, 6) is 0.368. The van der Waals surface area contributed by atoms with Crippen molar-refractivity contribution in [3.63, 3.8) is 0 Å². The zero-order valence-electron chi connectivity index (χ0n) is 12.2. The Hall–Kier alpha value is -1.06. The van der Waals surface area contributed by atoms with Crippen LogP contribution in [-0.4, -0.2) is 23.9 Å². The maximum atomic E-state index is 12.7. The number of amides is 1. The molecule has 1 aromatic rings. The summed E-state index contributed by atoms with van der Waals surface area (Å²) in [6.45, 7) is 5.34. The number of nitrogens with zero attached hydrogens (tertiary/aromatic N) is 1. The number of carbonyl (C=O) groups is 1. The van der Waals surface area contributed by atoms with E-state index >= 15 is 0 Å². The summed E-state index contributed by atoms with van der Waals surface area (Å²) >= 11 is 6.07. The predicted octanol–water partition coefficient (Wildman–Crippen LogP) is 3.23. The van der Waals surface area contributed by atoms with Crippen LogP contribution in [0.25, 0.3) is 0 Å². The molecule has 110 valence electrons. The Balaban J connectivity index is 2.21. The molecule has 0 radical (unpaired) electrons. The van der Waals surface area contributed by atoms with Crippen LogP contribution in [0.5, 0.6) is 0 Å². The first-order valence-corrected chi connectivity index (χ1v) is 7.68. The van der Waals surface area contributed by atoms with Crippen molar-refractivity contribution < 1.29 is 4.79 Å². The molecule has 2 atom stereocenters. The van der Waals surface area contributed by atoms with Crippen molar-refractivity contribution in [1.29, 1.82) is 0 Å². The van der Waals surface area contributed by atoms with E-state index in [1.54, 1.807) is 0 Å². The Labute approximate surface area is 126 Å². The third kappa shape index (κ3) is 3.15. The summed E-state index contributed by atoms with van der Waals surface area (Å²) in [4.78, 5) is 14.7. The van der Waals surface area contributed by atoms with Crippen LogP contribution in [0, 0.1) is 11.8 Å². The number of rotatable bonds is 4. The van der Waals surface area contributed by atoms with Gasteiger partial charge >= 0.3 is 0 Å². The minimum atomic E-state index is -0.0882. The van der Waals surface area contributed by atoms with E-state index in [1.807, 2.05) is 23.1 Å². The topological polar surface area (TPSA) is 46.3 Å². The average molecular weight is 295 g/mol. The van der Waals surface area contributed by atoms with Crippen LogP contribution in [0.15, 0.2) is 24.3 Å². The lowest BCUT2D eigenvalue weighted by Gasteiger charge is -2.30. The molecule has 0 aromatic heterocycles. The van der Waals surface area contributed by atoms with E-state index in [-0.39, 0.29) is 23.8 Å². The summed E-state index contributed by atoms with van der Waals surface area (Å²) in [6.07, 6.45) is 2.04. The van der Waals surface area contributed by atoms with Crippen LogP contribution in [0.2, 0.25) is 5.02 Å². The van der Waals surface area contributed by atoms with Crippen LogP contribution in [0.3, 0.4) is 0 Å². The van der Waals surface area contributed by atoms with E-state index in [2.05, 4.69) is 19.9 Å². The highest BCUT2D eigenvalue weighted by Crippen LogP contribution is 2.34. The molecule has 1 aliphatic heterocycles. The van der Waals surface area contributed by atoms with Gasteiger partial charge in [0.1, 0.15) is 0 Å². The van der Waals surface area contributed by atoms with E-state index in [1.165, 1.54) is 0 Å². The molecule has 3 nitrogen and oxygen atoms in total. The Morgan fingerprint density at radius 3 is 2.85 bits per heavy atom. The van der Waals surface area contributed by atoms with Crippen LogP contribution < -0.4 is 5.73 Å². The molecular weight excluding hydrogens is 272 g/mol. The van der Waals surface area contributed by atoms with Crippen molar-refractivity contribution >= 4 is 17.5 Å². The summed E-state index contributed by atoms with van der Waals surface area (Å²) in [5, 5.41) is 0.723. The number of halogens is 1. The molecule has 1 saturated heterocycles. The molecular formula is C16H23ClN2O. The smallest absolute Gasteiger partial charge is 0.227 e. The molecule has 1 aliphatic rings. The minimum absolute atomic E-state index is 0.0882. The molecule has 1 heterocycles. The normalized spacial score (nSPS) is 20.4. The lowest BCUT2D eigenvalue weighted by molar-refractivity contribution is -0.137. The maximum absolute atomic E-state index is 12.7. The van der Waals surface area contributed by atoms with Gasteiger partial charge in [0.05, 0.1) is 12.0 Å². The highest BCUT2D eigenvalue weighted by Gasteiger charge is 2.34. The van der Waals surface area contributed by atoms with Gasteiger partial charge in [0.15, 0.2) is 0 Å². The minimum Gasteiger partial charge on any atom is -0.335 e. The Kier molecular flexibility index (Phi) is 5.06. The first-order valence-electron chi connectivity index (χ1n) is 7.30. The highest BCUT2D eigenvalue weighted by molar-refractivity contribution is 6.30. The van der Waals surface area contributed by atoms with Crippen LogP contribution in [0.4, 0.5) is 0 Å². The van der Waals surface area contributed by atoms with Crippen molar-refractivity contribution in [3.05, 3.63) is 34.9 Å². The monoisotopic (exact) mass is 294 g/mol. The van der Waals surface area contributed by atoms with Crippen molar-refractivity contribution in [2.45, 2.75) is 32.7 Å². The molecule has 0 aliphatic carbocycles. The van der Waals surface area contributed by atoms with E-state index < -0.39 is 0 Å². The zero-order valence-corrected chi connectivity index (χ0v) is 12.9. The molecule has 1 amide bonds. The lowest BCUT2D eigenvalue weighted by Crippen LogP contribution is -2.41. The summed E-state index contributed by atoms with van der Waals surface area (Å²) in [6, 6.07) is 7.97. The molecule has 4 heteroatoms. The number of hydrogen-bond donors (Lipinski definition) is 1. The molecule has 0 bridgehead atoms. The largest absolute Gasteiger partial charge is 0.335 e.